The lowest BCUT2D eigenvalue weighted by molar-refractivity contribution is 1.47. The second-order valence-electron chi connectivity index (χ2n) is 8.89. The van der Waals surface area contributed by atoms with Crippen LogP contribution in [0.15, 0.2) is 85.5 Å². The minimum Gasteiger partial charge on any atom is -0.0990 e. The molecule has 0 unspecified atom stereocenters. The molecule has 0 aliphatic rings. The number of allylic oxidation sites excluding steroid dienone is 1. The van der Waals surface area contributed by atoms with E-state index in [2.05, 4.69) is 106 Å². The van der Waals surface area contributed by atoms with Crippen molar-refractivity contribution >= 4 is 66.5 Å². The average Bonchev–Trinajstić information content (AvgIpc) is 2.81. The molecule has 0 saturated heterocycles. The number of rotatable bonds is 1. The SMILES string of the molecule is C=C/C=c1/cc2c(cc1=C)c1cc3ccccc3cc1c1cc3c(C)ccc(C)c3cc21. The summed E-state index contributed by atoms with van der Waals surface area (Å²) in [4.78, 5) is 0. The second-order valence-corrected chi connectivity index (χ2v) is 8.89. The summed E-state index contributed by atoms with van der Waals surface area (Å²) in [7, 11) is 0. The monoisotopic (exact) mass is 408 g/mol. The van der Waals surface area contributed by atoms with Gasteiger partial charge >= 0.3 is 0 Å². The first-order chi connectivity index (χ1) is 15.5. The summed E-state index contributed by atoms with van der Waals surface area (Å²) in [6, 6.07) is 27.1. The van der Waals surface area contributed by atoms with Gasteiger partial charge in [-0.3, -0.25) is 0 Å². The molecule has 6 aromatic rings. The van der Waals surface area contributed by atoms with Crippen molar-refractivity contribution in [2.45, 2.75) is 13.8 Å². The highest BCUT2D eigenvalue weighted by Crippen LogP contribution is 2.39. The van der Waals surface area contributed by atoms with E-state index in [9.17, 15) is 0 Å². The minimum absolute atomic E-state index is 1.03. The van der Waals surface area contributed by atoms with Crippen LogP contribution in [0.5, 0.6) is 0 Å². The molecule has 0 fully saturated rings. The maximum atomic E-state index is 4.34. The Morgan fingerprint density at radius 3 is 1.56 bits per heavy atom. The van der Waals surface area contributed by atoms with Crippen LogP contribution in [0, 0.1) is 13.8 Å². The first-order valence-corrected chi connectivity index (χ1v) is 11.1. The van der Waals surface area contributed by atoms with Gasteiger partial charge in [0.15, 0.2) is 0 Å². The van der Waals surface area contributed by atoms with E-state index in [4.69, 9.17) is 0 Å². The van der Waals surface area contributed by atoms with Gasteiger partial charge in [0.2, 0.25) is 0 Å². The van der Waals surface area contributed by atoms with E-state index in [-0.39, 0.29) is 0 Å². The molecule has 0 saturated carbocycles. The smallest absolute Gasteiger partial charge is 0.00922 e. The Kier molecular flexibility index (Phi) is 4.00. The molecule has 0 radical (unpaired) electrons. The van der Waals surface area contributed by atoms with E-state index in [0.717, 1.165) is 10.4 Å². The molecule has 6 rings (SSSR count). The van der Waals surface area contributed by atoms with Crippen LogP contribution in [-0.4, -0.2) is 0 Å². The highest BCUT2D eigenvalue weighted by molar-refractivity contribution is 6.29. The van der Waals surface area contributed by atoms with Crippen molar-refractivity contribution in [1.29, 1.82) is 0 Å². The Morgan fingerprint density at radius 2 is 1.03 bits per heavy atom. The molecule has 6 aromatic carbocycles. The van der Waals surface area contributed by atoms with E-state index >= 15 is 0 Å². The largest absolute Gasteiger partial charge is 0.0990 e. The van der Waals surface area contributed by atoms with E-state index in [1.165, 1.54) is 65.0 Å². The van der Waals surface area contributed by atoms with Crippen LogP contribution >= 0.6 is 0 Å². The van der Waals surface area contributed by atoms with Gasteiger partial charge in [-0.2, -0.15) is 0 Å². The van der Waals surface area contributed by atoms with Crippen LogP contribution in [0.2, 0.25) is 0 Å². The lowest BCUT2D eigenvalue weighted by Crippen LogP contribution is -2.22. The molecular weight excluding hydrogens is 384 g/mol. The number of benzene rings is 6. The molecule has 0 spiro atoms. The number of hydrogen-bond acceptors (Lipinski definition) is 0. The molecule has 152 valence electrons. The fourth-order valence-corrected chi connectivity index (χ4v) is 5.20. The Balaban J connectivity index is 1.98. The quantitative estimate of drug-likeness (QED) is 0.196. The van der Waals surface area contributed by atoms with Gasteiger partial charge in [-0.15, -0.1) is 0 Å². The molecule has 0 heteroatoms. The van der Waals surface area contributed by atoms with Crippen LogP contribution in [0.3, 0.4) is 0 Å². The fraction of sp³-hybridized carbons (Fsp3) is 0.0625. The standard InChI is InChI=1S/C32H24/c1-5-8-22-14-28-27(13-21(22)4)29-15-23-9-6-7-10-24(23)16-30(29)32-18-26-20(3)12-11-19(2)25(26)17-31(28)32/h5-18H,1,4H2,2-3H3/b22-8-. The maximum absolute atomic E-state index is 4.34. The molecule has 0 aromatic heterocycles. The number of fused-ring (bicyclic) bond motifs is 8. The lowest BCUT2D eigenvalue weighted by atomic mass is 9.89. The van der Waals surface area contributed by atoms with Crippen LogP contribution < -0.4 is 10.4 Å². The number of aryl methyl sites for hydroxylation is 2. The first-order valence-electron chi connectivity index (χ1n) is 11.1. The third-order valence-corrected chi connectivity index (χ3v) is 6.92. The minimum atomic E-state index is 1.03. The highest BCUT2D eigenvalue weighted by atomic mass is 14.2. The third-order valence-electron chi connectivity index (χ3n) is 6.92. The summed E-state index contributed by atoms with van der Waals surface area (Å²) >= 11 is 0. The van der Waals surface area contributed by atoms with Gasteiger partial charge in [0, 0.05) is 0 Å². The van der Waals surface area contributed by atoms with Crippen LogP contribution in [0.1, 0.15) is 11.1 Å². The third kappa shape index (κ3) is 2.63. The second kappa shape index (κ2) is 6.80. The summed E-state index contributed by atoms with van der Waals surface area (Å²) in [6.07, 6.45) is 3.89. The summed E-state index contributed by atoms with van der Waals surface area (Å²) < 4.78 is 0. The number of hydrogen-bond donors (Lipinski definition) is 0. The summed E-state index contributed by atoms with van der Waals surface area (Å²) in [5.74, 6) is 0. The Labute approximate surface area is 187 Å². The topological polar surface area (TPSA) is 0 Å². The normalized spacial score (nSPS) is 12.5. The van der Waals surface area contributed by atoms with Gasteiger partial charge in [-0.25, -0.2) is 0 Å². The van der Waals surface area contributed by atoms with Gasteiger partial charge in [0.05, 0.1) is 0 Å². The molecule has 32 heavy (non-hydrogen) atoms. The van der Waals surface area contributed by atoms with Crippen molar-refractivity contribution in [3.05, 3.63) is 107 Å². The lowest BCUT2D eigenvalue weighted by Gasteiger charge is -2.15. The highest BCUT2D eigenvalue weighted by Gasteiger charge is 2.13. The first kappa shape index (κ1) is 18.8. The zero-order valence-corrected chi connectivity index (χ0v) is 18.5. The van der Waals surface area contributed by atoms with E-state index in [1.807, 2.05) is 6.08 Å². The molecule has 0 amide bonds. The van der Waals surface area contributed by atoms with Crippen molar-refractivity contribution < 1.29 is 0 Å². The Hall–Kier alpha value is -3.90. The molecule has 0 N–H and O–H groups in total. The van der Waals surface area contributed by atoms with Crippen LogP contribution in [0.25, 0.3) is 66.5 Å². The van der Waals surface area contributed by atoms with Crippen molar-refractivity contribution in [2.75, 3.05) is 0 Å². The maximum Gasteiger partial charge on any atom is -0.00922 e. The summed E-state index contributed by atoms with van der Waals surface area (Å²) in [6.45, 7) is 12.6. The molecule has 0 heterocycles. The molecule has 0 aliphatic carbocycles. The summed E-state index contributed by atoms with van der Waals surface area (Å²) in [5, 5.41) is 15.1. The van der Waals surface area contributed by atoms with Crippen LogP contribution in [0.4, 0.5) is 0 Å². The zero-order chi connectivity index (χ0) is 22.0. The Morgan fingerprint density at radius 1 is 0.562 bits per heavy atom. The average molecular weight is 409 g/mol. The van der Waals surface area contributed by atoms with Gasteiger partial charge < -0.3 is 0 Å². The van der Waals surface area contributed by atoms with Crippen molar-refractivity contribution in [2.24, 2.45) is 0 Å². The van der Waals surface area contributed by atoms with Crippen molar-refractivity contribution in [3.8, 4) is 0 Å². The Bertz CT molecular complexity index is 1870. The van der Waals surface area contributed by atoms with Crippen LogP contribution in [-0.2, 0) is 0 Å². The molecule has 0 atom stereocenters. The molecule has 0 bridgehead atoms. The van der Waals surface area contributed by atoms with Crippen molar-refractivity contribution in [3.63, 3.8) is 0 Å². The van der Waals surface area contributed by atoms with Gasteiger partial charge in [0.25, 0.3) is 0 Å². The van der Waals surface area contributed by atoms with Gasteiger partial charge in [-0.1, -0.05) is 61.7 Å². The van der Waals surface area contributed by atoms with E-state index in [0.29, 0.717) is 0 Å². The van der Waals surface area contributed by atoms with E-state index in [1.54, 1.807) is 0 Å². The zero-order valence-electron chi connectivity index (χ0n) is 18.5. The predicted molar refractivity (Wildman–Crippen MR) is 143 cm³/mol. The van der Waals surface area contributed by atoms with E-state index < -0.39 is 0 Å². The van der Waals surface area contributed by atoms with Gasteiger partial charge in [0.1, 0.15) is 0 Å². The molecule has 0 nitrogen and oxygen atoms in total. The molecule has 0 aliphatic heterocycles. The fourth-order valence-electron chi connectivity index (χ4n) is 5.20. The van der Waals surface area contributed by atoms with Gasteiger partial charge in [-0.05, 0) is 126 Å². The summed E-state index contributed by atoms with van der Waals surface area (Å²) in [5.41, 5.74) is 2.63. The predicted octanol–water partition coefficient (Wildman–Crippen LogP) is 7.45. The van der Waals surface area contributed by atoms with Crippen molar-refractivity contribution in [1.82, 2.24) is 0 Å². The molecular formula is C32H24.